The topological polar surface area (TPSA) is 60.0 Å². The fourth-order valence-corrected chi connectivity index (χ4v) is 3.84. The van der Waals surface area contributed by atoms with Crippen LogP contribution in [0.3, 0.4) is 0 Å². The summed E-state index contributed by atoms with van der Waals surface area (Å²) in [7, 11) is 3.16. The molecule has 0 spiro atoms. The van der Waals surface area contributed by atoms with Gasteiger partial charge in [-0.05, 0) is 61.1 Å². The second kappa shape index (κ2) is 9.93. The van der Waals surface area contributed by atoms with Gasteiger partial charge in [-0.3, -0.25) is 4.90 Å². The first kappa shape index (κ1) is 22.1. The van der Waals surface area contributed by atoms with Gasteiger partial charge in [-0.25, -0.2) is 4.79 Å². The summed E-state index contributed by atoms with van der Waals surface area (Å²) in [4.78, 5) is 14.8. The van der Waals surface area contributed by atoms with Crippen molar-refractivity contribution in [2.75, 3.05) is 32.3 Å². The zero-order valence-corrected chi connectivity index (χ0v) is 18.5. The molecule has 1 heterocycles. The van der Waals surface area contributed by atoms with E-state index in [1.165, 1.54) is 0 Å². The molecule has 8 heteroatoms. The summed E-state index contributed by atoms with van der Waals surface area (Å²) in [6.07, 6.45) is 0. The van der Waals surface area contributed by atoms with Crippen LogP contribution in [0.25, 0.3) is 0 Å². The van der Waals surface area contributed by atoms with Gasteiger partial charge in [-0.15, -0.1) is 0 Å². The van der Waals surface area contributed by atoms with Crippen molar-refractivity contribution < 1.29 is 19.0 Å². The van der Waals surface area contributed by atoms with E-state index in [0.717, 1.165) is 17.0 Å². The van der Waals surface area contributed by atoms with E-state index in [-0.39, 0.29) is 6.61 Å². The number of esters is 1. The highest BCUT2D eigenvalue weighted by Gasteiger charge is 2.35. The molecule has 30 heavy (non-hydrogen) atoms. The number of nitrogens with one attached hydrogen (secondary N) is 1. The summed E-state index contributed by atoms with van der Waals surface area (Å²) in [6, 6.07) is 14.3. The number of anilines is 1. The molecule has 2 aromatic carbocycles. The lowest BCUT2D eigenvalue weighted by Crippen LogP contribution is -2.48. The Morgan fingerprint density at radius 3 is 2.53 bits per heavy atom. The van der Waals surface area contributed by atoms with E-state index in [2.05, 4.69) is 5.32 Å². The van der Waals surface area contributed by atoms with Gasteiger partial charge in [0.25, 0.3) is 0 Å². The molecule has 0 aromatic heterocycles. The van der Waals surface area contributed by atoms with Gasteiger partial charge < -0.3 is 19.5 Å². The van der Waals surface area contributed by atoms with Crippen LogP contribution < -0.4 is 15.0 Å². The Kier molecular flexibility index (Phi) is 7.31. The maximum atomic E-state index is 13.0. The molecule has 0 saturated carbocycles. The number of rotatable bonds is 7. The van der Waals surface area contributed by atoms with Crippen LogP contribution in [-0.2, 0) is 14.3 Å². The number of benzene rings is 2. The molecule has 1 atom stereocenters. The quantitative estimate of drug-likeness (QED) is 0.387. The zero-order chi connectivity index (χ0) is 21.7. The molecule has 0 aliphatic carbocycles. The predicted octanol–water partition coefficient (Wildman–Crippen LogP) is 4.25. The monoisotopic (exact) mass is 446 g/mol. The van der Waals surface area contributed by atoms with Gasteiger partial charge in [0.15, 0.2) is 5.11 Å². The molecule has 158 valence electrons. The minimum absolute atomic E-state index is 0.154. The fourth-order valence-electron chi connectivity index (χ4n) is 3.28. The average molecular weight is 447 g/mol. The number of methoxy groups -OCH3 is 2. The minimum atomic E-state index is -0.485. The van der Waals surface area contributed by atoms with E-state index < -0.39 is 12.0 Å². The molecule has 3 rings (SSSR count). The van der Waals surface area contributed by atoms with E-state index in [4.69, 9.17) is 38.0 Å². The third-order valence-corrected chi connectivity index (χ3v) is 5.27. The Hall–Kier alpha value is -2.61. The summed E-state index contributed by atoms with van der Waals surface area (Å²) < 4.78 is 15.7. The van der Waals surface area contributed by atoms with Crippen LogP contribution in [0, 0.1) is 0 Å². The first-order chi connectivity index (χ1) is 14.5. The molecule has 1 aliphatic heterocycles. The van der Waals surface area contributed by atoms with Crippen LogP contribution in [-0.4, -0.2) is 38.5 Å². The van der Waals surface area contributed by atoms with Crippen LogP contribution >= 0.6 is 23.8 Å². The highest BCUT2D eigenvalue weighted by molar-refractivity contribution is 7.80. The lowest BCUT2D eigenvalue weighted by atomic mass is 9.95. The summed E-state index contributed by atoms with van der Waals surface area (Å²) >= 11 is 11.8. The van der Waals surface area contributed by atoms with E-state index in [1.807, 2.05) is 48.2 Å². The number of hydrogen-bond donors (Lipinski definition) is 1. The van der Waals surface area contributed by atoms with Crippen LogP contribution in [0.1, 0.15) is 18.5 Å². The van der Waals surface area contributed by atoms with Crippen molar-refractivity contribution in [3.8, 4) is 5.75 Å². The molecule has 0 amide bonds. The molecule has 0 fully saturated rings. The van der Waals surface area contributed by atoms with Crippen molar-refractivity contribution in [2.24, 2.45) is 0 Å². The summed E-state index contributed by atoms with van der Waals surface area (Å²) in [6.45, 7) is 2.32. The summed E-state index contributed by atoms with van der Waals surface area (Å²) in [5, 5.41) is 4.31. The maximum absolute atomic E-state index is 13.0. The smallest absolute Gasteiger partial charge is 0.338 e. The lowest BCUT2D eigenvalue weighted by Gasteiger charge is -2.37. The number of halogens is 1. The van der Waals surface area contributed by atoms with E-state index in [1.54, 1.807) is 26.4 Å². The summed E-state index contributed by atoms with van der Waals surface area (Å²) in [5.41, 5.74) is 2.75. The van der Waals surface area contributed by atoms with Crippen molar-refractivity contribution in [3.63, 3.8) is 0 Å². The second-order valence-corrected chi connectivity index (χ2v) is 7.42. The summed E-state index contributed by atoms with van der Waals surface area (Å²) in [5.74, 6) is 0.287. The molecule has 1 aliphatic rings. The highest BCUT2D eigenvalue weighted by atomic mass is 35.5. The van der Waals surface area contributed by atoms with Gasteiger partial charge in [-0.1, -0.05) is 23.7 Å². The minimum Gasteiger partial charge on any atom is -0.497 e. The number of nitrogens with zero attached hydrogens (tertiary/aromatic N) is 1. The Balaban J connectivity index is 2.05. The molecule has 1 N–H and O–H groups in total. The Morgan fingerprint density at radius 1 is 1.17 bits per heavy atom. The molecule has 0 saturated heterocycles. The van der Waals surface area contributed by atoms with Crippen LogP contribution in [0.2, 0.25) is 5.02 Å². The maximum Gasteiger partial charge on any atom is 0.338 e. The van der Waals surface area contributed by atoms with Crippen molar-refractivity contribution >= 4 is 40.6 Å². The van der Waals surface area contributed by atoms with Crippen molar-refractivity contribution in [2.45, 2.75) is 13.0 Å². The van der Waals surface area contributed by atoms with E-state index in [9.17, 15) is 4.79 Å². The van der Waals surface area contributed by atoms with Crippen molar-refractivity contribution in [3.05, 3.63) is 70.4 Å². The Labute approximate surface area is 186 Å². The Bertz CT molecular complexity index is 962. The molecule has 6 nitrogen and oxygen atoms in total. The van der Waals surface area contributed by atoms with Gasteiger partial charge in [-0.2, -0.15) is 0 Å². The molecule has 1 unspecified atom stereocenters. The third kappa shape index (κ3) is 4.75. The molecule has 2 aromatic rings. The van der Waals surface area contributed by atoms with Gasteiger partial charge in [0.05, 0.1) is 25.3 Å². The van der Waals surface area contributed by atoms with Gasteiger partial charge in [0.2, 0.25) is 0 Å². The van der Waals surface area contributed by atoms with E-state index >= 15 is 0 Å². The van der Waals surface area contributed by atoms with Crippen molar-refractivity contribution in [1.29, 1.82) is 0 Å². The average Bonchev–Trinajstić information content (AvgIpc) is 2.74. The number of carbonyl (C=O) groups is 1. The number of allylic oxidation sites excluding steroid dienone is 1. The number of ether oxygens (including phenoxy) is 3. The number of thiocarbonyl (C=S) groups is 1. The standard InChI is InChI=1S/C22H23ClN2O4S/c1-14-19(21(26)29-12-11-27-2)20(15-5-4-6-16(23)13-15)24-22(30)25(14)17-7-9-18(28-3)10-8-17/h4-10,13,20H,11-12H2,1-3H3,(H,24,30). The van der Waals surface area contributed by atoms with Gasteiger partial charge >= 0.3 is 5.97 Å². The SMILES string of the molecule is COCCOC(=O)C1=C(C)N(c2ccc(OC)cc2)C(=S)NC1c1cccc(Cl)c1. The highest BCUT2D eigenvalue weighted by Crippen LogP contribution is 2.35. The third-order valence-electron chi connectivity index (χ3n) is 4.74. The van der Waals surface area contributed by atoms with Crippen LogP contribution in [0.5, 0.6) is 5.75 Å². The van der Waals surface area contributed by atoms with E-state index in [0.29, 0.717) is 28.0 Å². The van der Waals surface area contributed by atoms with Gasteiger partial charge in [0.1, 0.15) is 12.4 Å². The fraction of sp³-hybridized carbons (Fsp3) is 0.273. The number of carbonyl (C=O) groups excluding carboxylic acids is 1. The first-order valence-corrected chi connectivity index (χ1v) is 10.1. The predicted molar refractivity (Wildman–Crippen MR) is 121 cm³/mol. The van der Waals surface area contributed by atoms with Crippen molar-refractivity contribution in [1.82, 2.24) is 5.32 Å². The second-order valence-electron chi connectivity index (χ2n) is 6.60. The molecule has 0 radical (unpaired) electrons. The lowest BCUT2D eigenvalue weighted by molar-refractivity contribution is -0.140. The Morgan fingerprint density at radius 2 is 1.90 bits per heavy atom. The molecular weight excluding hydrogens is 424 g/mol. The largest absolute Gasteiger partial charge is 0.497 e. The molecule has 0 bridgehead atoms. The normalized spacial score (nSPS) is 16.3. The zero-order valence-electron chi connectivity index (χ0n) is 17.0. The first-order valence-electron chi connectivity index (χ1n) is 9.33. The van der Waals surface area contributed by atoms with Gasteiger partial charge in [0, 0.05) is 23.5 Å². The molecular formula is C22H23ClN2O4S. The van der Waals surface area contributed by atoms with Crippen LogP contribution in [0.4, 0.5) is 5.69 Å². The number of hydrogen-bond acceptors (Lipinski definition) is 5. The van der Waals surface area contributed by atoms with Crippen LogP contribution in [0.15, 0.2) is 59.8 Å².